The molecule has 1 unspecified atom stereocenters. The predicted molar refractivity (Wildman–Crippen MR) is 59.2 cm³/mol. The highest BCUT2D eigenvalue weighted by atomic mass is 16.6. The van der Waals surface area contributed by atoms with E-state index < -0.39 is 0 Å². The lowest BCUT2D eigenvalue weighted by Crippen LogP contribution is -2.19. The van der Waals surface area contributed by atoms with Crippen molar-refractivity contribution in [3.05, 3.63) is 0 Å². The van der Waals surface area contributed by atoms with E-state index in [0.29, 0.717) is 26.1 Å². The van der Waals surface area contributed by atoms with Gasteiger partial charge in [-0.25, -0.2) is 4.79 Å². The van der Waals surface area contributed by atoms with Crippen LogP contribution in [0.3, 0.4) is 0 Å². The molecule has 1 aliphatic heterocycles. The molecule has 0 saturated carbocycles. The molecule has 5 heteroatoms. The molecule has 5 nitrogen and oxygen atoms in total. The number of ether oxygens (including phenoxy) is 3. The fraction of sp³-hybridized carbons (Fsp3) is 0.909. The Morgan fingerprint density at radius 3 is 2.50 bits per heavy atom. The van der Waals surface area contributed by atoms with E-state index in [1.807, 2.05) is 13.8 Å². The van der Waals surface area contributed by atoms with E-state index in [-0.39, 0.29) is 18.7 Å². The Kier molecular flexibility index (Phi) is 10.4. The standard InChI is InChI=1S/C7H12O4.C4H10O/c8-3-1-4-10-6-2-5-11-7(6)9;1-3-5-4-2/h6,8H,1-5H2;3-4H2,1-2H3. The number of cyclic esters (lactones) is 1. The number of hydrogen-bond donors (Lipinski definition) is 1. The number of rotatable bonds is 6. The SMILES string of the molecule is CCOCC.O=C1OCCC1OCCCO. The second-order valence-corrected chi connectivity index (χ2v) is 3.17. The van der Waals surface area contributed by atoms with E-state index >= 15 is 0 Å². The van der Waals surface area contributed by atoms with Gasteiger partial charge in [-0.3, -0.25) is 0 Å². The number of carbonyl (C=O) groups excluding carboxylic acids is 1. The molecule has 0 aromatic carbocycles. The lowest BCUT2D eigenvalue weighted by Gasteiger charge is -2.05. The van der Waals surface area contributed by atoms with Crippen molar-refractivity contribution in [2.24, 2.45) is 0 Å². The van der Waals surface area contributed by atoms with E-state index in [0.717, 1.165) is 13.2 Å². The number of aliphatic hydroxyl groups is 1. The van der Waals surface area contributed by atoms with Gasteiger partial charge in [0.05, 0.1) is 6.61 Å². The predicted octanol–water partition coefficient (Wildman–Crippen LogP) is 0.744. The molecule has 1 fully saturated rings. The van der Waals surface area contributed by atoms with Crippen molar-refractivity contribution in [1.82, 2.24) is 0 Å². The van der Waals surface area contributed by atoms with Crippen LogP contribution in [0.25, 0.3) is 0 Å². The lowest BCUT2D eigenvalue weighted by atomic mass is 10.3. The van der Waals surface area contributed by atoms with Crippen molar-refractivity contribution in [2.75, 3.05) is 33.0 Å². The smallest absolute Gasteiger partial charge is 0.335 e. The molecule has 1 saturated heterocycles. The first kappa shape index (κ1) is 15.3. The van der Waals surface area contributed by atoms with Crippen LogP contribution >= 0.6 is 0 Å². The van der Waals surface area contributed by atoms with Crippen molar-refractivity contribution < 1.29 is 24.1 Å². The molecule has 0 amide bonds. The molecule has 0 aliphatic carbocycles. The van der Waals surface area contributed by atoms with Crippen LogP contribution in [0.1, 0.15) is 26.7 Å². The van der Waals surface area contributed by atoms with Gasteiger partial charge in [-0.05, 0) is 20.3 Å². The van der Waals surface area contributed by atoms with Crippen molar-refractivity contribution in [3.63, 3.8) is 0 Å². The fourth-order valence-corrected chi connectivity index (χ4v) is 1.12. The van der Waals surface area contributed by atoms with Gasteiger partial charge < -0.3 is 19.3 Å². The third-order valence-corrected chi connectivity index (χ3v) is 1.92. The molecule has 0 bridgehead atoms. The molecule has 1 heterocycles. The van der Waals surface area contributed by atoms with Crippen molar-refractivity contribution in [2.45, 2.75) is 32.8 Å². The van der Waals surface area contributed by atoms with Gasteiger partial charge in [0.1, 0.15) is 0 Å². The fourth-order valence-electron chi connectivity index (χ4n) is 1.12. The Morgan fingerprint density at radius 2 is 2.12 bits per heavy atom. The quantitative estimate of drug-likeness (QED) is 0.542. The maximum atomic E-state index is 10.8. The molecule has 96 valence electrons. The summed E-state index contributed by atoms with van der Waals surface area (Å²) in [5.74, 6) is -0.275. The Labute approximate surface area is 96.7 Å². The van der Waals surface area contributed by atoms with Crippen LogP contribution in [0.15, 0.2) is 0 Å². The summed E-state index contributed by atoms with van der Waals surface area (Å²) in [5.41, 5.74) is 0. The summed E-state index contributed by atoms with van der Waals surface area (Å²) in [5, 5.41) is 8.41. The first-order chi connectivity index (χ1) is 7.76. The van der Waals surface area contributed by atoms with E-state index in [2.05, 4.69) is 4.74 Å². The zero-order valence-electron chi connectivity index (χ0n) is 10.1. The van der Waals surface area contributed by atoms with Gasteiger partial charge in [-0.2, -0.15) is 0 Å². The second kappa shape index (κ2) is 10.9. The van der Waals surface area contributed by atoms with E-state index in [4.69, 9.17) is 14.6 Å². The van der Waals surface area contributed by atoms with E-state index in [9.17, 15) is 4.79 Å². The average molecular weight is 234 g/mol. The molecule has 1 aliphatic rings. The summed E-state index contributed by atoms with van der Waals surface area (Å²) in [4.78, 5) is 10.8. The van der Waals surface area contributed by atoms with Gasteiger partial charge in [-0.1, -0.05) is 0 Å². The number of carbonyl (C=O) groups is 1. The summed E-state index contributed by atoms with van der Waals surface area (Å²) in [6.45, 7) is 6.65. The first-order valence-electron chi connectivity index (χ1n) is 5.73. The van der Waals surface area contributed by atoms with Gasteiger partial charge in [0.25, 0.3) is 0 Å². The van der Waals surface area contributed by atoms with Crippen molar-refractivity contribution in [1.29, 1.82) is 0 Å². The summed E-state index contributed by atoms with van der Waals surface area (Å²) in [6, 6.07) is 0. The number of hydrogen-bond acceptors (Lipinski definition) is 5. The van der Waals surface area contributed by atoms with Crippen molar-refractivity contribution in [3.8, 4) is 0 Å². The summed E-state index contributed by atoms with van der Waals surface area (Å²) >= 11 is 0. The Hall–Kier alpha value is -0.650. The zero-order valence-corrected chi connectivity index (χ0v) is 10.1. The molecule has 16 heavy (non-hydrogen) atoms. The monoisotopic (exact) mass is 234 g/mol. The van der Waals surface area contributed by atoms with Gasteiger partial charge in [0.2, 0.25) is 0 Å². The van der Waals surface area contributed by atoms with Gasteiger partial charge in [-0.15, -0.1) is 0 Å². The number of aliphatic hydroxyl groups excluding tert-OH is 1. The Balaban J connectivity index is 0.000000385. The molecule has 0 radical (unpaired) electrons. The molecular weight excluding hydrogens is 212 g/mol. The zero-order chi connectivity index (χ0) is 12.2. The van der Waals surface area contributed by atoms with Crippen LogP contribution in [-0.2, 0) is 19.0 Å². The van der Waals surface area contributed by atoms with E-state index in [1.165, 1.54) is 0 Å². The van der Waals surface area contributed by atoms with Crippen molar-refractivity contribution >= 4 is 5.97 Å². The Bertz CT molecular complexity index is 170. The Morgan fingerprint density at radius 1 is 1.44 bits per heavy atom. The topological polar surface area (TPSA) is 65.0 Å². The van der Waals surface area contributed by atoms with Crippen LogP contribution < -0.4 is 0 Å². The number of esters is 1. The summed E-state index contributed by atoms with van der Waals surface area (Å²) < 4.78 is 14.6. The molecule has 0 aromatic rings. The highest BCUT2D eigenvalue weighted by Gasteiger charge is 2.26. The average Bonchev–Trinajstić information content (AvgIpc) is 2.67. The third-order valence-electron chi connectivity index (χ3n) is 1.92. The highest BCUT2D eigenvalue weighted by Crippen LogP contribution is 2.09. The first-order valence-corrected chi connectivity index (χ1v) is 5.73. The lowest BCUT2D eigenvalue weighted by molar-refractivity contribution is -0.147. The molecule has 1 N–H and O–H groups in total. The molecule has 0 spiro atoms. The van der Waals surface area contributed by atoms with Gasteiger partial charge >= 0.3 is 5.97 Å². The van der Waals surface area contributed by atoms with Crippen LogP contribution in [0.2, 0.25) is 0 Å². The maximum absolute atomic E-state index is 10.8. The minimum atomic E-state index is -0.387. The second-order valence-electron chi connectivity index (χ2n) is 3.17. The van der Waals surface area contributed by atoms with Crippen LogP contribution in [0, 0.1) is 0 Å². The normalized spacial score (nSPS) is 18.9. The van der Waals surface area contributed by atoms with Crippen LogP contribution in [0.5, 0.6) is 0 Å². The van der Waals surface area contributed by atoms with Gasteiger partial charge in [0.15, 0.2) is 6.10 Å². The molecule has 1 rings (SSSR count). The van der Waals surface area contributed by atoms with E-state index in [1.54, 1.807) is 0 Å². The van der Waals surface area contributed by atoms with Crippen LogP contribution in [0.4, 0.5) is 0 Å². The maximum Gasteiger partial charge on any atom is 0.335 e. The molecule has 1 atom stereocenters. The highest BCUT2D eigenvalue weighted by molar-refractivity contribution is 5.76. The molecular formula is C11H22O5. The molecule has 0 aromatic heterocycles. The third kappa shape index (κ3) is 7.62. The summed E-state index contributed by atoms with van der Waals surface area (Å²) in [7, 11) is 0. The summed E-state index contributed by atoms with van der Waals surface area (Å²) in [6.07, 6.45) is 0.829. The minimum Gasteiger partial charge on any atom is -0.464 e. The minimum absolute atomic E-state index is 0.0990. The van der Waals surface area contributed by atoms with Crippen LogP contribution in [-0.4, -0.2) is 50.2 Å². The van der Waals surface area contributed by atoms with Gasteiger partial charge in [0, 0.05) is 32.8 Å². The largest absolute Gasteiger partial charge is 0.464 e.